The fourth-order valence-corrected chi connectivity index (χ4v) is 5.05. The van der Waals surface area contributed by atoms with Gasteiger partial charge in [-0.1, -0.05) is 55.5 Å². The number of hydrogen-bond donors (Lipinski definition) is 5. The first kappa shape index (κ1) is 29.5. The second kappa shape index (κ2) is 15.3. The second-order valence-corrected chi connectivity index (χ2v) is 10.2. The molecule has 2 aromatic carbocycles. The van der Waals surface area contributed by atoms with Crippen LogP contribution < -0.4 is 16.0 Å². The van der Waals surface area contributed by atoms with Crippen molar-refractivity contribution in [3.05, 3.63) is 63.7 Å². The summed E-state index contributed by atoms with van der Waals surface area (Å²) in [5, 5.41) is 26.8. The van der Waals surface area contributed by atoms with Crippen molar-refractivity contribution in [1.29, 1.82) is 0 Å². The van der Waals surface area contributed by atoms with Crippen LogP contribution in [0, 0.1) is 0 Å². The molecule has 0 spiro atoms. The first-order valence-corrected chi connectivity index (χ1v) is 13.8. The number of amides is 1. The van der Waals surface area contributed by atoms with Crippen LogP contribution in [0.3, 0.4) is 0 Å². The summed E-state index contributed by atoms with van der Waals surface area (Å²) >= 11 is 6.52. The lowest BCUT2D eigenvalue weighted by molar-refractivity contribution is -0.143. The van der Waals surface area contributed by atoms with Crippen LogP contribution in [0.4, 0.5) is 5.69 Å². The number of benzene rings is 2. The molecule has 1 aliphatic carbocycles. The van der Waals surface area contributed by atoms with Crippen molar-refractivity contribution in [3.63, 3.8) is 0 Å². The molecule has 206 valence electrons. The van der Waals surface area contributed by atoms with Crippen molar-refractivity contribution in [2.45, 2.75) is 76.8 Å². The number of fused-ring (bicyclic) bond motifs is 1. The molecule has 1 heterocycles. The van der Waals surface area contributed by atoms with Gasteiger partial charge in [0.2, 0.25) is 0 Å². The van der Waals surface area contributed by atoms with Crippen LogP contribution in [0.5, 0.6) is 0 Å². The normalized spacial score (nSPS) is 15.6. The average molecular weight is 544 g/mol. The topological polar surface area (TPSA) is 128 Å². The van der Waals surface area contributed by atoms with Crippen molar-refractivity contribution in [3.8, 4) is 0 Å². The minimum Gasteiger partial charge on any atom is -0.481 e. The zero-order valence-electron chi connectivity index (χ0n) is 21.7. The lowest BCUT2D eigenvalue weighted by Gasteiger charge is -2.17. The van der Waals surface area contributed by atoms with E-state index in [1.165, 1.54) is 36.8 Å². The average Bonchev–Trinajstić information content (AvgIpc) is 3.30. The van der Waals surface area contributed by atoms with E-state index < -0.39 is 11.9 Å². The fourth-order valence-electron chi connectivity index (χ4n) is 4.81. The molecule has 0 bridgehead atoms. The van der Waals surface area contributed by atoms with E-state index in [0.29, 0.717) is 12.6 Å². The number of aliphatic carboxylic acids is 2. The number of anilines is 1. The minimum absolute atomic E-state index is 0.0466. The van der Waals surface area contributed by atoms with Crippen molar-refractivity contribution < 1.29 is 24.6 Å². The SMILES string of the molecule is O=C(NC1CCCCCC1)c1ccc(CNc2c(Cl)ccc3c2CCNCC3)cc1.O=C(O)CCC(=O)O. The van der Waals surface area contributed by atoms with E-state index >= 15 is 0 Å². The van der Waals surface area contributed by atoms with Crippen molar-refractivity contribution in [1.82, 2.24) is 10.6 Å². The third-order valence-corrected chi connectivity index (χ3v) is 7.23. The second-order valence-electron chi connectivity index (χ2n) is 9.81. The van der Waals surface area contributed by atoms with Crippen molar-refractivity contribution in [2.24, 2.45) is 0 Å². The molecular formula is C29H38ClN3O5. The lowest BCUT2D eigenvalue weighted by atomic mass is 10.0. The number of halogens is 1. The zero-order chi connectivity index (χ0) is 27.3. The monoisotopic (exact) mass is 543 g/mol. The summed E-state index contributed by atoms with van der Waals surface area (Å²) in [5.41, 5.74) is 5.62. The summed E-state index contributed by atoms with van der Waals surface area (Å²) in [6.07, 6.45) is 8.65. The Morgan fingerprint density at radius 1 is 0.868 bits per heavy atom. The Hall–Kier alpha value is -3.10. The first-order valence-electron chi connectivity index (χ1n) is 13.4. The molecule has 1 fully saturated rings. The van der Waals surface area contributed by atoms with Gasteiger partial charge in [0.05, 0.1) is 23.6 Å². The van der Waals surface area contributed by atoms with Gasteiger partial charge in [-0.3, -0.25) is 14.4 Å². The van der Waals surface area contributed by atoms with E-state index in [9.17, 15) is 14.4 Å². The molecule has 2 aliphatic rings. The Labute approximate surface area is 229 Å². The highest BCUT2D eigenvalue weighted by Crippen LogP contribution is 2.31. The van der Waals surface area contributed by atoms with Gasteiger partial charge >= 0.3 is 11.9 Å². The Balaban J connectivity index is 0.000000436. The molecule has 0 unspecified atom stereocenters. The summed E-state index contributed by atoms with van der Waals surface area (Å²) in [6, 6.07) is 12.4. The van der Waals surface area contributed by atoms with Crippen molar-refractivity contribution >= 4 is 35.1 Å². The predicted molar refractivity (Wildman–Crippen MR) is 149 cm³/mol. The highest BCUT2D eigenvalue weighted by atomic mass is 35.5. The van der Waals surface area contributed by atoms with Crippen LogP contribution in [0.25, 0.3) is 0 Å². The van der Waals surface area contributed by atoms with Gasteiger partial charge in [-0.05, 0) is 73.7 Å². The van der Waals surface area contributed by atoms with Crippen LogP contribution in [0.15, 0.2) is 36.4 Å². The third kappa shape index (κ3) is 9.65. The molecule has 0 radical (unpaired) electrons. The van der Waals surface area contributed by atoms with Crippen LogP contribution >= 0.6 is 11.6 Å². The molecular weight excluding hydrogens is 506 g/mol. The molecule has 5 N–H and O–H groups in total. The van der Waals surface area contributed by atoms with Gasteiger partial charge in [0.25, 0.3) is 5.91 Å². The first-order chi connectivity index (χ1) is 18.3. The largest absolute Gasteiger partial charge is 0.481 e. The number of carbonyl (C=O) groups is 3. The van der Waals surface area contributed by atoms with Gasteiger partial charge in [0, 0.05) is 18.2 Å². The molecule has 0 atom stereocenters. The van der Waals surface area contributed by atoms with Gasteiger partial charge in [0.1, 0.15) is 0 Å². The summed E-state index contributed by atoms with van der Waals surface area (Å²) in [4.78, 5) is 31.9. The summed E-state index contributed by atoms with van der Waals surface area (Å²) in [7, 11) is 0. The van der Waals surface area contributed by atoms with Gasteiger partial charge in [-0.15, -0.1) is 0 Å². The van der Waals surface area contributed by atoms with E-state index in [2.05, 4.69) is 22.0 Å². The Kier molecular flexibility index (Phi) is 11.9. The number of carboxylic acid groups (broad SMARTS) is 2. The zero-order valence-corrected chi connectivity index (χ0v) is 22.5. The molecule has 1 aliphatic heterocycles. The highest BCUT2D eigenvalue weighted by molar-refractivity contribution is 6.33. The van der Waals surface area contributed by atoms with Crippen LogP contribution in [-0.4, -0.2) is 47.2 Å². The van der Waals surface area contributed by atoms with Crippen LogP contribution in [0.1, 0.15) is 78.4 Å². The maximum absolute atomic E-state index is 12.6. The fraction of sp³-hybridized carbons (Fsp3) is 0.483. The van der Waals surface area contributed by atoms with Gasteiger partial charge < -0.3 is 26.2 Å². The maximum atomic E-state index is 12.6. The molecule has 1 saturated carbocycles. The molecule has 9 heteroatoms. The van der Waals surface area contributed by atoms with E-state index in [1.54, 1.807) is 0 Å². The molecule has 0 aromatic heterocycles. The number of carbonyl (C=O) groups excluding carboxylic acids is 1. The molecule has 8 nitrogen and oxygen atoms in total. The Bertz CT molecular complexity index is 1070. The minimum atomic E-state index is -1.08. The van der Waals surface area contributed by atoms with E-state index in [-0.39, 0.29) is 18.7 Å². The maximum Gasteiger partial charge on any atom is 0.303 e. The third-order valence-electron chi connectivity index (χ3n) is 6.91. The summed E-state index contributed by atoms with van der Waals surface area (Å²) in [5.74, 6) is -2.11. The van der Waals surface area contributed by atoms with Crippen LogP contribution in [0.2, 0.25) is 5.02 Å². The van der Waals surface area contributed by atoms with E-state index in [0.717, 1.165) is 60.6 Å². The lowest BCUT2D eigenvalue weighted by Crippen LogP contribution is -2.34. The number of nitrogens with one attached hydrogen (secondary N) is 3. The molecule has 38 heavy (non-hydrogen) atoms. The number of rotatable bonds is 8. The van der Waals surface area contributed by atoms with Gasteiger partial charge in [-0.25, -0.2) is 0 Å². The van der Waals surface area contributed by atoms with Gasteiger partial charge in [-0.2, -0.15) is 0 Å². The number of hydrogen-bond acceptors (Lipinski definition) is 5. The summed E-state index contributed by atoms with van der Waals surface area (Å²) in [6.45, 7) is 2.68. The quantitative estimate of drug-likeness (QED) is 0.295. The van der Waals surface area contributed by atoms with Gasteiger partial charge in [0.15, 0.2) is 0 Å². The Morgan fingerprint density at radius 2 is 1.50 bits per heavy atom. The molecule has 2 aromatic rings. The highest BCUT2D eigenvalue weighted by Gasteiger charge is 2.17. The standard InChI is InChI=1S/C25H32ClN3O.C4H6O4/c26-23-12-11-19-13-15-27-16-14-22(19)24(23)28-17-18-7-9-20(10-8-18)25(30)29-21-5-3-1-2-4-6-21;5-3(6)1-2-4(7)8/h7-12,21,27-28H,1-6,13-17H2,(H,29,30);1-2H2,(H,5,6)(H,7,8). The van der Waals surface area contributed by atoms with E-state index in [1.807, 2.05) is 30.3 Å². The molecule has 4 rings (SSSR count). The smallest absolute Gasteiger partial charge is 0.303 e. The van der Waals surface area contributed by atoms with Crippen LogP contribution in [-0.2, 0) is 29.0 Å². The molecule has 1 amide bonds. The Morgan fingerprint density at radius 3 is 2.13 bits per heavy atom. The molecule has 0 saturated heterocycles. The van der Waals surface area contributed by atoms with Crippen molar-refractivity contribution in [2.75, 3.05) is 18.4 Å². The van der Waals surface area contributed by atoms with E-state index in [4.69, 9.17) is 21.8 Å². The predicted octanol–water partition coefficient (Wildman–Crippen LogP) is 5.03. The number of carboxylic acids is 2. The summed E-state index contributed by atoms with van der Waals surface area (Å²) < 4.78 is 0.